The summed E-state index contributed by atoms with van der Waals surface area (Å²) >= 11 is 0. The monoisotopic (exact) mass is 222 g/mol. The Hall–Kier alpha value is -1.42. The molecule has 0 aliphatic rings. The number of aryl methyl sites for hydroxylation is 1. The van der Waals surface area contributed by atoms with Gasteiger partial charge in [-0.3, -0.25) is 10.1 Å². The number of hydrogen-bond donors (Lipinski definition) is 1. The van der Waals surface area contributed by atoms with Gasteiger partial charge in [0.15, 0.2) is 0 Å². The van der Waals surface area contributed by atoms with Gasteiger partial charge in [0, 0.05) is 11.6 Å². The zero-order chi connectivity index (χ0) is 12.3. The number of nitrogens with zero attached hydrogens (tertiary/aromatic N) is 1. The number of benzene rings is 1. The van der Waals surface area contributed by atoms with E-state index in [0.29, 0.717) is 6.54 Å². The van der Waals surface area contributed by atoms with E-state index in [4.69, 9.17) is 5.73 Å². The van der Waals surface area contributed by atoms with Gasteiger partial charge < -0.3 is 5.73 Å². The molecule has 0 saturated heterocycles. The third-order valence-electron chi connectivity index (χ3n) is 2.85. The molecule has 0 heterocycles. The third-order valence-corrected chi connectivity index (χ3v) is 2.85. The van der Waals surface area contributed by atoms with E-state index in [-0.39, 0.29) is 16.0 Å². The van der Waals surface area contributed by atoms with Crippen molar-refractivity contribution in [2.75, 3.05) is 6.54 Å². The van der Waals surface area contributed by atoms with Crippen LogP contribution in [0.15, 0.2) is 18.2 Å². The predicted octanol–water partition coefficient (Wildman–Crippen LogP) is 2.53. The zero-order valence-corrected chi connectivity index (χ0v) is 9.99. The minimum atomic E-state index is -0.326. The van der Waals surface area contributed by atoms with Gasteiger partial charge in [0.05, 0.1) is 4.92 Å². The summed E-state index contributed by atoms with van der Waals surface area (Å²) in [6, 6.07) is 5.22. The number of rotatable bonds is 4. The van der Waals surface area contributed by atoms with E-state index >= 15 is 0 Å². The Balaban J connectivity index is 3.29. The van der Waals surface area contributed by atoms with Crippen molar-refractivity contribution in [2.45, 2.75) is 32.6 Å². The van der Waals surface area contributed by atoms with E-state index < -0.39 is 0 Å². The second kappa shape index (κ2) is 4.61. The molecule has 0 atom stereocenters. The topological polar surface area (TPSA) is 69.2 Å². The van der Waals surface area contributed by atoms with Crippen LogP contribution in [0.25, 0.3) is 0 Å². The van der Waals surface area contributed by atoms with Gasteiger partial charge in [-0.05, 0) is 31.4 Å². The Labute approximate surface area is 95.6 Å². The summed E-state index contributed by atoms with van der Waals surface area (Å²) in [6.45, 7) is 6.44. The molecular formula is C12H18N2O2. The van der Waals surface area contributed by atoms with Crippen molar-refractivity contribution in [1.29, 1.82) is 0 Å². The van der Waals surface area contributed by atoms with E-state index in [0.717, 1.165) is 17.5 Å². The van der Waals surface area contributed by atoms with Crippen LogP contribution in [0.1, 0.15) is 31.4 Å². The number of nitro benzene ring substituents is 1. The van der Waals surface area contributed by atoms with Crippen molar-refractivity contribution in [3.05, 3.63) is 39.4 Å². The lowest BCUT2D eigenvalue weighted by Gasteiger charge is -2.24. The summed E-state index contributed by atoms with van der Waals surface area (Å²) in [5, 5.41) is 11.0. The Morgan fingerprint density at radius 2 is 2.06 bits per heavy atom. The normalized spacial score (nSPS) is 11.5. The van der Waals surface area contributed by atoms with Crippen molar-refractivity contribution in [2.24, 2.45) is 5.73 Å². The lowest BCUT2D eigenvalue weighted by molar-refractivity contribution is -0.386. The first-order valence-corrected chi connectivity index (χ1v) is 5.34. The van der Waals surface area contributed by atoms with Gasteiger partial charge in [-0.2, -0.15) is 0 Å². The fourth-order valence-electron chi connectivity index (χ4n) is 1.85. The summed E-state index contributed by atoms with van der Waals surface area (Å²) in [7, 11) is 0. The van der Waals surface area contributed by atoms with Crippen molar-refractivity contribution >= 4 is 5.69 Å². The van der Waals surface area contributed by atoms with E-state index in [1.807, 2.05) is 26.8 Å². The Kier molecular flexibility index (Phi) is 3.65. The van der Waals surface area contributed by atoms with E-state index in [1.54, 1.807) is 12.1 Å². The minimum absolute atomic E-state index is 0.184. The van der Waals surface area contributed by atoms with Crippen molar-refractivity contribution < 1.29 is 4.92 Å². The lowest BCUT2D eigenvalue weighted by atomic mass is 9.80. The average Bonchev–Trinajstić information content (AvgIpc) is 2.17. The lowest BCUT2D eigenvalue weighted by Crippen LogP contribution is -2.23. The average molecular weight is 222 g/mol. The summed E-state index contributed by atoms with van der Waals surface area (Å²) < 4.78 is 0. The maximum Gasteiger partial charge on any atom is 0.273 e. The second-order valence-electron chi connectivity index (χ2n) is 4.70. The molecule has 2 N–H and O–H groups in total. The molecule has 88 valence electrons. The van der Waals surface area contributed by atoms with Crippen LogP contribution >= 0.6 is 0 Å². The first-order valence-electron chi connectivity index (χ1n) is 5.34. The maximum atomic E-state index is 11.0. The molecule has 0 radical (unpaired) electrons. The van der Waals surface area contributed by atoms with Crippen molar-refractivity contribution in [3.63, 3.8) is 0 Å². The molecular weight excluding hydrogens is 204 g/mol. The van der Waals surface area contributed by atoms with Gasteiger partial charge >= 0.3 is 0 Å². The minimum Gasteiger partial charge on any atom is -0.330 e. The molecule has 1 aromatic rings. The maximum absolute atomic E-state index is 11.0. The van der Waals surface area contributed by atoms with Gasteiger partial charge in [0.2, 0.25) is 0 Å². The quantitative estimate of drug-likeness (QED) is 0.628. The summed E-state index contributed by atoms with van der Waals surface area (Å²) in [5.74, 6) is 0. The SMILES string of the molecule is Cc1ccc([N+](=O)[O-])c(C(C)(C)CCN)c1. The molecule has 0 aliphatic carbocycles. The fraction of sp³-hybridized carbons (Fsp3) is 0.500. The highest BCUT2D eigenvalue weighted by Crippen LogP contribution is 2.34. The molecule has 0 bridgehead atoms. The molecule has 0 amide bonds. The molecule has 1 aromatic carbocycles. The molecule has 0 fully saturated rings. The van der Waals surface area contributed by atoms with Crippen LogP contribution < -0.4 is 5.73 Å². The van der Waals surface area contributed by atoms with Gasteiger partial charge in [-0.15, -0.1) is 0 Å². The van der Waals surface area contributed by atoms with Gasteiger partial charge in [0.25, 0.3) is 5.69 Å². The predicted molar refractivity (Wildman–Crippen MR) is 64.5 cm³/mol. The Bertz CT molecular complexity index is 400. The molecule has 0 saturated carbocycles. The molecule has 0 spiro atoms. The molecule has 16 heavy (non-hydrogen) atoms. The number of nitrogens with two attached hydrogens (primary N) is 1. The van der Waals surface area contributed by atoms with Crippen LogP contribution in [-0.4, -0.2) is 11.5 Å². The van der Waals surface area contributed by atoms with Gasteiger partial charge in [0.1, 0.15) is 0 Å². The van der Waals surface area contributed by atoms with Gasteiger partial charge in [-0.1, -0.05) is 25.5 Å². The summed E-state index contributed by atoms with van der Waals surface area (Å²) in [5.41, 5.74) is 7.27. The number of hydrogen-bond acceptors (Lipinski definition) is 3. The molecule has 4 nitrogen and oxygen atoms in total. The molecule has 0 aliphatic heterocycles. The van der Waals surface area contributed by atoms with Gasteiger partial charge in [-0.25, -0.2) is 0 Å². The smallest absolute Gasteiger partial charge is 0.273 e. The number of nitro groups is 1. The van der Waals surface area contributed by atoms with Crippen molar-refractivity contribution in [3.8, 4) is 0 Å². The first kappa shape index (κ1) is 12.6. The van der Waals surface area contributed by atoms with E-state index in [2.05, 4.69) is 0 Å². The largest absolute Gasteiger partial charge is 0.330 e. The second-order valence-corrected chi connectivity index (χ2v) is 4.70. The Morgan fingerprint density at radius 1 is 1.44 bits per heavy atom. The summed E-state index contributed by atoms with van der Waals surface area (Å²) in [6.07, 6.45) is 0.733. The van der Waals surface area contributed by atoms with Crippen LogP contribution in [0.5, 0.6) is 0 Å². The fourth-order valence-corrected chi connectivity index (χ4v) is 1.85. The third kappa shape index (κ3) is 2.58. The highest BCUT2D eigenvalue weighted by atomic mass is 16.6. The first-order chi connectivity index (χ1) is 7.38. The molecule has 4 heteroatoms. The molecule has 0 unspecified atom stereocenters. The van der Waals surface area contributed by atoms with Crippen molar-refractivity contribution in [1.82, 2.24) is 0 Å². The van der Waals surface area contributed by atoms with Crippen LogP contribution in [-0.2, 0) is 5.41 Å². The highest BCUT2D eigenvalue weighted by molar-refractivity contribution is 5.46. The molecule has 1 rings (SSSR count). The Morgan fingerprint density at radius 3 is 2.56 bits per heavy atom. The summed E-state index contributed by atoms with van der Waals surface area (Å²) in [4.78, 5) is 10.6. The van der Waals surface area contributed by atoms with Crippen LogP contribution in [0.3, 0.4) is 0 Å². The highest BCUT2D eigenvalue weighted by Gasteiger charge is 2.28. The standard InChI is InChI=1S/C12H18N2O2/c1-9-4-5-11(14(15)16)10(8-9)12(2,3)6-7-13/h4-5,8H,6-7,13H2,1-3H3. The van der Waals surface area contributed by atoms with Crippen LogP contribution in [0.2, 0.25) is 0 Å². The van der Waals surface area contributed by atoms with E-state index in [9.17, 15) is 10.1 Å². The molecule has 0 aromatic heterocycles. The zero-order valence-electron chi connectivity index (χ0n) is 9.99. The van der Waals surface area contributed by atoms with Crippen LogP contribution in [0, 0.1) is 17.0 Å². The van der Waals surface area contributed by atoms with E-state index in [1.165, 1.54) is 0 Å². The van der Waals surface area contributed by atoms with Crippen LogP contribution in [0.4, 0.5) is 5.69 Å².